The topological polar surface area (TPSA) is 38.0 Å². The smallest absolute Gasteiger partial charge is 0.385 e. The lowest BCUT2D eigenvalue weighted by Gasteiger charge is -2.22. The van der Waals surface area contributed by atoms with Crippen molar-refractivity contribution in [1.29, 1.82) is 0 Å². The first-order chi connectivity index (χ1) is 8.24. The minimum Gasteiger partial charge on any atom is -0.385 e. The maximum absolute atomic E-state index is 12.0. The highest BCUT2D eigenvalue weighted by molar-refractivity contribution is 5.13. The maximum atomic E-state index is 12.0. The summed E-state index contributed by atoms with van der Waals surface area (Å²) in [4.78, 5) is 0. The number of hydrogen-bond donors (Lipinski definition) is 1. The summed E-state index contributed by atoms with van der Waals surface area (Å²) in [6, 6.07) is 0. The van der Waals surface area contributed by atoms with Crippen LogP contribution in [0.5, 0.6) is 0 Å². The molecule has 0 saturated carbocycles. The molecule has 0 saturated heterocycles. The predicted molar refractivity (Wildman–Crippen MR) is 62.0 cm³/mol. The van der Waals surface area contributed by atoms with Crippen LogP contribution in [0.2, 0.25) is 0 Å². The average molecular weight is 264 g/mol. The average Bonchev–Trinajstić information content (AvgIpc) is 2.65. The van der Waals surface area contributed by atoms with Crippen molar-refractivity contribution in [3.63, 3.8) is 0 Å². The molecular formula is C12H19F3N2O. The van der Waals surface area contributed by atoms with Gasteiger partial charge in [0.2, 0.25) is 0 Å². The van der Waals surface area contributed by atoms with Crippen LogP contribution in [-0.4, -0.2) is 21.1 Å². The van der Waals surface area contributed by atoms with Gasteiger partial charge in [-0.25, -0.2) is 0 Å². The fourth-order valence-electron chi connectivity index (χ4n) is 1.77. The van der Waals surface area contributed by atoms with E-state index in [-0.39, 0.29) is 12.8 Å². The molecule has 1 aromatic heterocycles. The molecule has 1 heterocycles. The largest absolute Gasteiger partial charge is 0.389 e. The van der Waals surface area contributed by atoms with Crippen LogP contribution in [0.1, 0.15) is 45.1 Å². The van der Waals surface area contributed by atoms with Crippen molar-refractivity contribution in [2.45, 2.75) is 57.9 Å². The summed E-state index contributed by atoms with van der Waals surface area (Å²) in [6.07, 6.45) is -0.924. The number of aryl methyl sites for hydroxylation is 1. The number of nitrogens with zero attached hydrogens (tertiary/aromatic N) is 2. The van der Waals surface area contributed by atoms with Gasteiger partial charge in [0, 0.05) is 24.7 Å². The summed E-state index contributed by atoms with van der Waals surface area (Å²) >= 11 is 0. The second kappa shape index (κ2) is 5.73. The molecular weight excluding hydrogens is 245 g/mol. The zero-order valence-corrected chi connectivity index (χ0v) is 10.7. The molecule has 104 valence electrons. The van der Waals surface area contributed by atoms with Crippen molar-refractivity contribution >= 4 is 0 Å². The Morgan fingerprint density at radius 3 is 2.56 bits per heavy atom. The van der Waals surface area contributed by atoms with Crippen LogP contribution in [-0.2, 0) is 12.1 Å². The molecule has 0 bridgehead atoms. The van der Waals surface area contributed by atoms with Crippen LogP contribution in [0.25, 0.3) is 0 Å². The summed E-state index contributed by atoms with van der Waals surface area (Å²) in [5.41, 5.74) is -0.685. The fraction of sp³-hybridized carbons (Fsp3) is 0.750. The standard InChI is InChI=1S/C12H19F3N2O/c1-3-7-17-9-10(8-16-17)11(2,18)5-4-6-12(13,14)15/h8-9,18H,3-7H2,1-2H3. The highest BCUT2D eigenvalue weighted by Gasteiger charge is 2.30. The first kappa shape index (κ1) is 15.0. The van der Waals surface area contributed by atoms with Gasteiger partial charge in [0.15, 0.2) is 0 Å². The molecule has 1 aromatic rings. The number of rotatable bonds is 6. The summed E-state index contributed by atoms with van der Waals surface area (Å²) in [7, 11) is 0. The molecule has 0 aliphatic rings. The normalized spacial score (nSPS) is 15.7. The third kappa shape index (κ3) is 4.68. The SMILES string of the molecule is CCCn1cc(C(C)(O)CCCC(F)(F)F)cn1. The number of halogens is 3. The summed E-state index contributed by atoms with van der Waals surface area (Å²) in [6.45, 7) is 4.26. The minimum atomic E-state index is -4.16. The van der Waals surface area contributed by atoms with E-state index >= 15 is 0 Å². The Morgan fingerprint density at radius 2 is 2.00 bits per heavy atom. The number of aromatic nitrogens is 2. The van der Waals surface area contributed by atoms with Gasteiger partial charge in [-0.1, -0.05) is 6.92 Å². The van der Waals surface area contributed by atoms with E-state index < -0.39 is 18.2 Å². The number of alkyl halides is 3. The van der Waals surface area contributed by atoms with Gasteiger partial charge < -0.3 is 5.11 Å². The number of hydrogen-bond acceptors (Lipinski definition) is 2. The molecule has 0 aliphatic carbocycles. The first-order valence-electron chi connectivity index (χ1n) is 6.06. The van der Waals surface area contributed by atoms with Crippen LogP contribution in [0, 0.1) is 0 Å². The van der Waals surface area contributed by atoms with E-state index in [0.717, 1.165) is 13.0 Å². The zero-order chi connectivity index (χ0) is 13.8. The van der Waals surface area contributed by atoms with Crippen molar-refractivity contribution in [3.05, 3.63) is 18.0 Å². The molecule has 0 aromatic carbocycles. The quantitative estimate of drug-likeness (QED) is 0.856. The molecule has 18 heavy (non-hydrogen) atoms. The lowest BCUT2D eigenvalue weighted by Crippen LogP contribution is -2.21. The van der Waals surface area contributed by atoms with E-state index in [1.165, 1.54) is 13.1 Å². The van der Waals surface area contributed by atoms with Crippen molar-refractivity contribution in [1.82, 2.24) is 9.78 Å². The van der Waals surface area contributed by atoms with Gasteiger partial charge in [-0.2, -0.15) is 18.3 Å². The second-order valence-electron chi connectivity index (χ2n) is 4.73. The van der Waals surface area contributed by atoms with Crippen molar-refractivity contribution in [2.75, 3.05) is 0 Å². The molecule has 0 amide bonds. The third-order valence-corrected chi connectivity index (χ3v) is 2.83. The molecule has 0 radical (unpaired) electrons. The molecule has 0 spiro atoms. The third-order valence-electron chi connectivity index (χ3n) is 2.83. The first-order valence-corrected chi connectivity index (χ1v) is 6.06. The highest BCUT2D eigenvalue weighted by Crippen LogP contribution is 2.30. The van der Waals surface area contributed by atoms with Crippen LogP contribution in [0.4, 0.5) is 13.2 Å². The van der Waals surface area contributed by atoms with E-state index in [1.807, 2.05) is 6.92 Å². The summed E-state index contributed by atoms with van der Waals surface area (Å²) in [5.74, 6) is 0. The zero-order valence-electron chi connectivity index (χ0n) is 10.7. The molecule has 1 atom stereocenters. The van der Waals surface area contributed by atoms with Gasteiger partial charge in [0.05, 0.1) is 11.8 Å². The molecule has 0 fully saturated rings. The van der Waals surface area contributed by atoms with Crippen molar-refractivity contribution in [2.24, 2.45) is 0 Å². The Bertz CT molecular complexity index is 372. The Kier molecular flexibility index (Phi) is 4.78. The molecule has 0 aliphatic heterocycles. The van der Waals surface area contributed by atoms with Crippen LogP contribution >= 0.6 is 0 Å². The van der Waals surface area contributed by atoms with E-state index in [9.17, 15) is 18.3 Å². The fourth-order valence-corrected chi connectivity index (χ4v) is 1.77. The summed E-state index contributed by atoms with van der Waals surface area (Å²) in [5, 5.41) is 14.2. The lowest BCUT2D eigenvalue weighted by atomic mass is 9.93. The predicted octanol–water partition coefficient (Wildman–Crippen LogP) is 3.23. The Labute approximate surface area is 105 Å². The number of aliphatic hydroxyl groups is 1. The van der Waals surface area contributed by atoms with E-state index in [1.54, 1.807) is 10.9 Å². The lowest BCUT2D eigenvalue weighted by molar-refractivity contribution is -0.137. The van der Waals surface area contributed by atoms with Crippen LogP contribution in [0.3, 0.4) is 0 Å². The molecule has 1 N–H and O–H groups in total. The highest BCUT2D eigenvalue weighted by atomic mass is 19.4. The van der Waals surface area contributed by atoms with Gasteiger partial charge >= 0.3 is 6.18 Å². The van der Waals surface area contributed by atoms with Gasteiger partial charge in [-0.3, -0.25) is 4.68 Å². The monoisotopic (exact) mass is 264 g/mol. The van der Waals surface area contributed by atoms with Crippen molar-refractivity contribution in [3.8, 4) is 0 Å². The maximum Gasteiger partial charge on any atom is 0.389 e. The van der Waals surface area contributed by atoms with E-state index in [2.05, 4.69) is 5.10 Å². The van der Waals surface area contributed by atoms with Gasteiger partial charge in [-0.15, -0.1) is 0 Å². The summed E-state index contributed by atoms with van der Waals surface area (Å²) < 4.78 is 37.8. The Hall–Kier alpha value is -1.04. The molecule has 1 unspecified atom stereocenters. The van der Waals surface area contributed by atoms with E-state index in [4.69, 9.17) is 0 Å². The van der Waals surface area contributed by atoms with Crippen molar-refractivity contribution < 1.29 is 18.3 Å². The Balaban J connectivity index is 2.56. The van der Waals surface area contributed by atoms with Crippen LogP contribution in [0.15, 0.2) is 12.4 Å². The minimum absolute atomic E-state index is 0.0737. The van der Waals surface area contributed by atoms with Gasteiger partial charge in [0.1, 0.15) is 0 Å². The second-order valence-corrected chi connectivity index (χ2v) is 4.73. The van der Waals surface area contributed by atoms with Gasteiger partial charge in [-0.05, 0) is 26.2 Å². The molecule has 6 heteroatoms. The molecule has 3 nitrogen and oxygen atoms in total. The van der Waals surface area contributed by atoms with E-state index in [0.29, 0.717) is 5.56 Å². The van der Waals surface area contributed by atoms with Gasteiger partial charge in [0.25, 0.3) is 0 Å². The molecule has 1 rings (SSSR count). The Morgan fingerprint density at radius 1 is 1.33 bits per heavy atom. The van der Waals surface area contributed by atoms with Crippen LogP contribution < -0.4 is 0 Å².